The SMILES string of the molecule is CCn1cccc1CNC1CCCC1C. The molecule has 1 fully saturated rings. The molecule has 1 heterocycles. The van der Waals surface area contributed by atoms with Crippen LogP contribution in [0.15, 0.2) is 18.3 Å². The lowest BCUT2D eigenvalue weighted by Gasteiger charge is -2.17. The fraction of sp³-hybridized carbons (Fsp3) is 0.692. The van der Waals surface area contributed by atoms with Crippen molar-refractivity contribution in [3.63, 3.8) is 0 Å². The minimum atomic E-state index is 0.741. The van der Waals surface area contributed by atoms with Crippen molar-refractivity contribution >= 4 is 0 Å². The Hall–Kier alpha value is -0.760. The summed E-state index contributed by atoms with van der Waals surface area (Å²) < 4.78 is 2.31. The minimum absolute atomic E-state index is 0.741. The van der Waals surface area contributed by atoms with E-state index in [-0.39, 0.29) is 0 Å². The second-order valence-electron chi connectivity index (χ2n) is 4.68. The fourth-order valence-corrected chi connectivity index (χ4v) is 2.60. The minimum Gasteiger partial charge on any atom is -0.351 e. The standard InChI is InChI=1S/C13H22N2/c1-3-15-9-5-7-12(15)10-14-13-8-4-6-11(13)2/h5,7,9,11,13-14H,3-4,6,8,10H2,1-2H3. The van der Waals surface area contributed by atoms with E-state index in [2.05, 4.69) is 42.1 Å². The molecule has 1 aliphatic rings. The summed E-state index contributed by atoms with van der Waals surface area (Å²) in [5.41, 5.74) is 1.41. The number of aryl methyl sites for hydroxylation is 1. The Kier molecular flexibility index (Phi) is 3.47. The number of rotatable bonds is 4. The molecular weight excluding hydrogens is 184 g/mol. The van der Waals surface area contributed by atoms with Crippen LogP contribution in [-0.4, -0.2) is 10.6 Å². The number of aromatic nitrogens is 1. The molecule has 2 nitrogen and oxygen atoms in total. The lowest BCUT2D eigenvalue weighted by atomic mass is 10.1. The molecule has 1 N–H and O–H groups in total. The molecule has 2 rings (SSSR count). The zero-order valence-corrected chi connectivity index (χ0v) is 9.87. The smallest absolute Gasteiger partial charge is 0.0361 e. The highest BCUT2D eigenvalue weighted by Crippen LogP contribution is 2.24. The summed E-state index contributed by atoms with van der Waals surface area (Å²) in [6, 6.07) is 5.10. The molecule has 84 valence electrons. The van der Waals surface area contributed by atoms with Crippen molar-refractivity contribution in [3.05, 3.63) is 24.0 Å². The van der Waals surface area contributed by atoms with Gasteiger partial charge < -0.3 is 9.88 Å². The molecule has 1 aliphatic carbocycles. The lowest BCUT2D eigenvalue weighted by molar-refractivity contribution is 0.420. The fourth-order valence-electron chi connectivity index (χ4n) is 2.60. The second kappa shape index (κ2) is 4.84. The topological polar surface area (TPSA) is 17.0 Å². The Morgan fingerprint density at radius 3 is 3.00 bits per heavy atom. The zero-order valence-electron chi connectivity index (χ0n) is 9.87. The highest BCUT2D eigenvalue weighted by atomic mass is 15.0. The van der Waals surface area contributed by atoms with Gasteiger partial charge >= 0.3 is 0 Å². The maximum absolute atomic E-state index is 3.69. The quantitative estimate of drug-likeness (QED) is 0.801. The molecule has 2 heteroatoms. The molecule has 0 aromatic carbocycles. The molecule has 1 saturated carbocycles. The molecule has 0 radical (unpaired) electrons. The van der Waals surface area contributed by atoms with Gasteiger partial charge in [-0.15, -0.1) is 0 Å². The van der Waals surface area contributed by atoms with E-state index in [0.29, 0.717) is 0 Å². The van der Waals surface area contributed by atoms with Gasteiger partial charge in [-0.25, -0.2) is 0 Å². The Morgan fingerprint density at radius 2 is 2.33 bits per heavy atom. The molecule has 0 saturated heterocycles. The van der Waals surface area contributed by atoms with Gasteiger partial charge in [-0.05, 0) is 37.8 Å². The Bertz CT molecular complexity index is 303. The van der Waals surface area contributed by atoms with Crippen molar-refractivity contribution in [1.29, 1.82) is 0 Å². The normalized spacial score (nSPS) is 26.0. The van der Waals surface area contributed by atoms with E-state index in [1.807, 2.05) is 0 Å². The van der Waals surface area contributed by atoms with Crippen molar-refractivity contribution < 1.29 is 0 Å². The van der Waals surface area contributed by atoms with Crippen LogP contribution < -0.4 is 5.32 Å². The van der Waals surface area contributed by atoms with E-state index in [9.17, 15) is 0 Å². The van der Waals surface area contributed by atoms with Crippen LogP contribution in [0.5, 0.6) is 0 Å². The van der Waals surface area contributed by atoms with Crippen LogP contribution in [0.2, 0.25) is 0 Å². The predicted molar refractivity (Wildman–Crippen MR) is 63.7 cm³/mol. The summed E-state index contributed by atoms with van der Waals surface area (Å²) >= 11 is 0. The molecule has 15 heavy (non-hydrogen) atoms. The average Bonchev–Trinajstić information content (AvgIpc) is 2.83. The molecule has 1 aromatic heterocycles. The van der Waals surface area contributed by atoms with Gasteiger partial charge in [-0.1, -0.05) is 13.3 Å². The monoisotopic (exact) mass is 206 g/mol. The van der Waals surface area contributed by atoms with E-state index in [0.717, 1.165) is 25.0 Å². The molecule has 0 amide bonds. The van der Waals surface area contributed by atoms with Gasteiger partial charge in [-0.2, -0.15) is 0 Å². The Morgan fingerprint density at radius 1 is 1.47 bits per heavy atom. The number of nitrogens with one attached hydrogen (secondary N) is 1. The van der Waals surface area contributed by atoms with Crippen LogP contribution in [0.25, 0.3) is 0 Å². The van der Waals surface area contributed by atoms with E-state index in [4.69, 9.17) is 0 Å². The Labute approximate surface area is 92.7 Å². The van der Waals surface area contributed by atoms with Gasteiger partial charge in [0.1, 0.15) is 0 Å². The molecule has 1 aromatic rings. The maximum Gasteiger partial charge on any atom is 0.0361 e. The van der Waals surface area contributed by atoms with Crippen LogP contribution in [0.4, 0.5) is 0 Å². The van der Waals surface area contributed by atoms with E-state index >= 15 is 0 Å². The summed E-state index contributed by atoms with van der Waals surface area (Å²) in [7, 11) is 0. The maximum atomic E-state index is 3.69. The van der Waals surface area contributed by atoms with Crippen LogP contribution in [0, 0.1) is 5.92 Å². The predicted octanol–water partition coefficient (Wildman–Crippen LogP) is 2.79. The third kappa shape index (κ3) is 2.43. The summed E-state index contributed by atoms with van der Waals surface area (Å²) in [6.07, 6.45) is 6.31. The van der Waals surface area contributed by atoms with Crippen LogP contribution >= 0.6 is 0 Å². The highest BCUT2D eigenvalue weighted by Gasteiger charge is 2.22. The third-order valence-electron chi connectivity index (χ3n) is 3.67. The summed E-state index contributed by atoms with van der Waals surface area (Å²) in [4.78, 5) is 0. The van der Waals surface area contributed by atoms with Gasteiger partial charge in [0.2, 0.25) is 0 Å². The lowest BCUT2D eigenvalue weighted by Crippen LogP contribution is -2.31. The summed E-state index contributed by atoms with van der Waals surface area (Å²) in [5.74, 6) is 0.857. The average molecular weight is 206 g/mol. The van der Waals surface area contributed by atoms with Gasteiger partial charge in [-0.3, -0.25) is 0 Å². The van der Waals surface area contributed by atoms with Crippen LogP contribution in [-0.2, 0) is 13.1 Å². The van der Waals surface area contributed by atoms with Crippen molar-refractivity contribution in [2.75, 3.05) is 0 Å². The van der Waals surface area contributed by atoms with Gasteiger partial charge in [0, 0.05) is 31.0 Å². The largest absolute Gasteiger partial charge is 0.351 e. The molecule has 0 spiro atoms. The van der Waals surface area contributed by atoms with Crippen LogP contribution in [0.3, 0.4) is 0 Å². The molecule has 2 unspecified atom stereocenters. The van der Waals surface area contributed by atoms with E-state index in [1.54, 1.807) is 0 Å². The van der Waals surface area contributed by atoms with Crippen molar-refractivity contribution in [2.45, 2.75) is 52.2 Å². The number of nitrogens with zero attached hydrogens (tertiary/aromatic N) is 1. The molecule has 2 atom stereocenters. The second-order valence-corrected chi connectivity index (χ2v) is 4.68. The van der Waals surface area contributed by atoms with Crippen molar-refractivity contribution in [3.8, 4) is 0 Å². The first kappa shape index (κ1) is 10.7. The Balaban J connectivity index is 1.87. The van der Waals surface area contributed by atoms with Crippen molar-refractivity contribution in [1.82, 2.24) is 9.88 Å². The van der Waals surface area contributed by atoms with Crippen LogP contribution in [0.1, 0.15) is 38.8 Å². The van der Waals surface area contributed by atoms with Gasteiger partial charge in [0.25, 0.3) is 0 Å². The van der Waals surface area contributed by atoms with E-state index < -0.39 is 0 Å². The number of hydrogen-bond acceptors (Lipinski definition) is 1. The van der Waals surface area contributed by atoms with Gasteiger partial charge in [0.05, 0.1) is 0 Å². The first-order valence-corrected chi connectivity index (χ1v) is 6.18. The summed E-state index contributed by atoms with van der Waals surface area (Å²) in [5, 5.41) is 3.69. The summed E-state index contributed by atoms with van der Waals surface area (Å²) in [6.45, 7) is 6.66. The molecule has 0 aliphatic heterocycles. The zero-order chi connectivity index (χ0) is 10.7. The molecular formula is C13H22N2. The number of hydrogen-bond donors (Lipinski definition) is 1. The van der Waals surface area contributed by atoms with Crippen molar-refractivity contribution in [2.24, 2.45) is 5.92 Å². The van der Waals surface area contributed by atoms with Gasteiger partial charge in [0.15, 0.2) is 0 Å². The molecule has 0 bridgehead atoms. The highest BCUT2D eigenvalue weighted by molar-refractivity contribution is 5.07. The first-order valence-electron chi connectivity index (χ1n) is 6.18. The van der Waals surface area contributed by atoms with E-state index in [1.165, 1.54) is 25.0 Å². The first-order chi connectivity index (χ1) is 7.31. The third-order valence-corrected chi connectivity index (χ3v) is 3.67.